The molecular weight excluding hydrogens is 246 g/mol. The standard InChI is InChI=1S/C9H8ClN5O2/c1-6-4-7(10)12-8(11-6)5-14-3-2-9(13-14)15(16)17/h2-4H,5H2,1H3. The highest BCUT2D eigenvalue weighted by molar-refractivity contribution is 6.29. The molecule has 0 fully saturated rings. The van der Waals surface area contributed by atoms with Crippen LogP contribution in [0.2, 0.25) is 5.15 Å². The Morgan fingerprint density at radius 3 is 2.88 bits per heavy atom. The molecule has 0 aliphatic rings. The van der Waals surface area contributed by atoms with Gasteiger partial charge in [-0.2, -0.15) is 4.68 Å². The second-order valence-corrected chi connectivity index (χ2v) is 3.76. The van der Waals surface area contributed by atoms with E-state index in [2.05, 4.69) is 15.1 Å². The van der Waals surface area contributed by atoms with Crippen molar-refractivity contribution in [3.63, 3.8) is 0 Å². The molecule has 0 unspecified atom stereocenters. The van der Waals surface area contributed by atoms with Crippen molar-refractivity contribution in [2.24, 2.45) is 0 Å². The number of nitro groups is 1. The van der Waals surface area contributed by atoms with E-state index >= 15 is 0 Å². The Bertz CT molecular complexity index is 548. The van der Waals surface area contributed by atoms with E-state index in [1.54, 1.807) is 13.0 Å². The zero-order chi connectivity index (χ0) is 12.4. The Balaban J connectivity index is 2.22. The van der Waals surface area contributed by atoms with E-state index in [9.17, 15) is 10.1 Å². The molecule has 0 saturated carbocycles. The maximum atomic E-state index is 10.5. The first-order valence-corrected chi connectivity index (χ1v) is 5.10. The normalized spacial score (nSPS) is 10.5. The van der Waals surface area contributed by atoms with Crippen LogP contribution in [0.25, 0.3) is 0 Å². The smallest absolute Gasteiger partial charge is 0.358 e. The SMILES string of the molecule is Cc1cc(Cl)nc(Cn2ccc([N+](=O)[O-])n2)n1. The molecule has 2 aromatic rings. The van der Waals surface area contributed by atoms with Gasteiger partial charge in [0.05, 0.1) is 17.4 Å². The fourth-order valence-corrected chi connectivity index (χ4v) is 1.60. The van der Waals surface area contributed by atoms with Gasteiger partial charge in [0.15, 0.2) is 5.82 Å². The molecule has 0 aromatic carbocycles. The van der Waals surface area contributed by atoms with Crippen molar-refractivity contribution in [3.05, 3.63) is 45.1 Å². The van der Waals surface area contributed by atoms with E-state index in [-0.39, 0.29) is 12.4 Å². The van der Waals surface area contributed by atoms with Crippen LogP contribution in [-0.2, 0) is 6.54 Å². The Morgan fingerprint density at radius 1 is 1.53 bits per heavy atom. The number of hydrogen-bond donors (Lipinski definition) is 0. The summed E-state index contributed by atoms with van der Waals surface area (Å²) in [6.45, 7) is 2.04. The van der Waals surface area contributed by atoms with Gasteiger partial charge in [-0.15, -0.1) is 0 Å². The molecular formula is C9H8ClN5O2. The molecule has 2 aromatic heterocycles. The second kappa shape index (κ2) is 4.46. The highest BCUT2D eigenvalue weighted by Gasteiger charge is 2.12. The highest BCUT2D eigenvalue weighted by atomic mass is 35.5. The largest absolute Gasteiger partial charge is 0.389 e. The molecule has 7 nitrogen and oxygen atoms in total. The Morgan fingerprint density at radius 2 is 2.29 bits per heavy atom. The summed E-state index contributed by atoms with van der Waals surface area (Å²) in [7, 11) is 0. The third-order valence-electron chi connectivity index (χ3n) is 1.99. The summed E-state index contributed by atoms with van der Waals surface area (Å²) in [6.07, 6.45) is 1.50. The van der Waals surface area contributed by atoms with Crippen molar-refractivity contribution in [2.45, 2.75) is 13.5 Å². The first kappa shape index (κ1) is 11.5. The number of aromatic nitrogens is 4. The molecule has 8 heteroatoms. The molecule has 0 atom stereocenters. The lowest BCUT2D eigenvalue weighted by Gasteiger charge is -1.99. The summed E-state index contributed by atoms with van der Waals surface area (Å²) in [5, 5.41) is 14.6. The van der Waals surface area contributed by atoms with Gasteiger partial charge in [0, 0.05) is 5.69 Å². The third kappa shape index (κ3) is 2.76. The lowest BCUT2D eigenvalue weighted by Crippen LogP contribution is -2.06. The predicted molar refractivity (Wildman–Crippen MR) is 59.8 cm³/mol. The average molecular weight is 254 g/mol. The van der Waals surface area contributed by atoms with Crippen LogP contribution in [0.3, 0.4) is 0 Å². The summed E-state index contributed by atoms with van der Waals surface area (Å²) >= 11 is 5.78. The molecule has 0 aliphatic heterocycles. The van der Waals surface area contributed by atoms with Crippen molar-refractivity contribution in [2.75, 3.05) is 0 Å². The lowest BCUT2D eigenvalue weighted by atomic mass is 10.4. The van der Waals surface area contributed by atoms with Crippen molar-refractivity contribution >= 4 is 17.4 Å². The molecule has 2 rings (SSSR count). The number of rotatable bonds is 3. The van der Waals surface area contributed by atoms with Gasteiger partial charge in [-0.1, -0.05) is 11.6 Å². The molecule has 0 amide bonds. The maximum Gasteiger partial charge on any atom is 0.389 e. The molecule has 0 bridgehead atoms. The third-order valence-corrected chi connectivity index (χ3v) is 2.18. The van der Waals surface area contributed by atoms with Gasteiger partial charge in [-0.05, 0) is 17.9 Å². The average Bonchev–Trinajstić information content (AvgIpc) is 2.64. The summed E-state index contributed by atoms with van der Waals surface area (Å²) in [6, 6.07) is 2.95. The van der Waals surface area contributed by atoms with Gasteiger partial charge in [0.25, 0.3) is 0 Å². The quantitative estimate of drug-likeness (QED) is 0.471. The predicted octanol–water partition coefficient (Wildman–Crippen LogP) is 1.59. The highest BCUT2D eigenvalue weighted by Crippen LogP contribution is 2.09. The summed E-state index contributed by atoms with van der Waals surface area (Å²) in [4.78, 5) is 18.1. The van der Waals surface area contributed by atoms with Gasteiger partial charge < -0.3 is 10.1 Å². The Hall–Kier alpha value is -2.02. The van der Waals surface area contributed by atoms with Crippen molar-refractivity contribution in [1.82, 2.24) is 19.7 Å². The minimum Gasteiger partial charge on any atom is -0.358 e. The van der Waals surface area contributed by atoms with Crippen LogP contribution in [0.4, 0.5) is 5.82 Å². The van der Waals surface area contributed by atoms with E-state index in [1.165, 1.54) is 16.9 Å². The van der Waals surface area contributed by atoms with Crippen molar-refractivity contribution in [1.29, 1.82) is 0 Å². The van der Waals surface area contributed by atoms with Crippen LogP contribution in [0, 0.1) is 17.0 Å². The van der Waals surface area contributed by atoms with Gasteiger partial charge in [0.1, 0.15) is 11.7 Å². The second-order valence-electron chi connectivity index (χ2n) is 3.38. The van der Waals surface area contributed by atoms with Gasteiger partial charge in [-0.25, -0.2) is 9.97 Å². The van der Waals surface area contributed by atoms with Gasteiger partial charge >= 0.3 is 5.82 Å². The minimum atomic E-state index is -0.555. The summed E-state index contributed by atoms with van der Waals surface area (Å²) < 4.78 is 1.39. The number of halogens is 1. The molecule has 0 radical (unpaired) electrons. The number of nitrogens with zero attached hydrogens (tertiary/aromatic N) is 5. The van der Waals surface area contributed by atoms with E-state index in [0.717, 1.165) is 5.69 Å². The number of aryl methyl sites for hydroxylation is 1. The number of hydrogen-bond acceptors (Lipinski definition) is 5. The summed E-state index contributed by atoms with van der Waals surface area (Å²) in [5.41, 5.74) is 0.738. The first-order valence-electron chi connectivity index (χ1n) is 4.72. The van der Waals surface area contributed by atoms with Crippen LogP contribution in [-0.4, -0.2) is 24.7 Å². The fraction of sp³-hybridized carbons (Fsp3) is 0.222. The molecule has 0 saturated heterocycles. The molecule has 17 heavy (non-hydrogen) atoms. The van der Waals surface area contributed by atoms with Crippen LogP contribution in [0.15, 0.2) is 18.3 Å². The van der Waals surface area contributed by atoms with Crippen molar-refractivity contribution in [3.8, 4) is 0 Å². The van der Waals surface area contributed by atoms with E-state index in [1.807, 2.05) is 0 Å². The van der Waals surface area contributed by atoms with E-state index in [0.29, 0.717) is 11.0 Å². The monoisotopic (exact) mass is 253 g/mol. The van der Waals surface area contributed by atoms with Crippen LogP contribution in [0.5, 0.6) is 0 Å². The zero-order valence-electron chi connectivity index (χ0n) is 8.87. The zero-order valence-corrected chi connectivity index (χ0v) is 9.63. The van der Waals surface area contributed by atoms with Crippen molar-refractivity contribution < 1.29 is 4.92 Å². The van der Waals surface area contributed by atoms with Gasteiger partial charge in [0.2, 0.25) is 0 Å². The van der Waals surface area contributed by atoms with E-state index in [4.69, 9.17) is 11.6 Å². The summed E-state index contributed by atoms with van der Waals surface area (Å²) in [5.74, 6) is 0.261. The lowest BCUT2D eigenvalue weighted by molar-refractivity contribution is -0.389. The molecule has 88 valence electrons. The van der Waals surface area contributed by atoms with E-state index < -0.39 is 4.92 Å². The fourth-order valence-electron chi connectivity index (χ4n) is 1.34. The molecule has 0 spiro atoms. The maximum absolute atomic E-state index is 10.5. The Labute approximate surface area is 101 Å². The van der Waals surface area contributed by atoms with Crippen LogP contribution < -0.4 is 0 Å². The molecule has 0 aliphatic carbocycles. The minimum absolute atomic E-state index is 0.205. The van der Waals surface area contributed by atoms with Crippen LogP contribution >= 0.6 is 11.6 Å². The molecule has 0 N–H and O–H groups in total. The Kier molecular flexibility index (Phi) is 3.01. The van der Waals surface area contributed by atoms with Crippen LogP contribution in [0.1, 0.15) is 11.5 Å². The first-order chi connectivity index (χ1) is 8.04. The topological polar surface area (TPSA) is 86.7 Å². The molecule has 2 heterocycles. The van der Waals surface area contributed by atoms with Gasteiger partial charge in [-0.3, -0.25) is 0 Å².